The first-order valence-electron chi connectivity index (χ1n) is 10.4. The minimum absolute atomic E-state index is 0.364. The molecule has 184 valence electrons. The number of carbonyl (C=O) groups excluding carboxylic acids is 3. The molecule has 10 nitrogen and oxygen atoms in total. The van der Waals surface area contributed by atoms with Crippen LogP contribution in [0.4, 0.5) is 21.0 Å². The molecule has 0 aliphatic carbocycles. The molecule has 2 aromatic carbocycles. The Morgan fingerprint density at radius 2 is 1.71 bits per heavy atom. The summed E-state index contributed by atoms with van der Waals surface area (Å²) in [6.07, 6.45) is 1.45. The first kappa shape index (κ1) is 26.0. The Balaban J connectivity index is 1.94. The smallest absolute Gasteiger partial charge is 0.306 e. The van der Waals surface area contributed by atoms with Gasteiger partial charge in [0.2, 0.25) is 0 Å². The summed E-state index contributed by atoms with van der Waals surface area (Å²) in [5.41, 5.74) is 1.83. The van der Waals surface area contributed by atoms with Crippen molar-refractivity contribution in [3.05, 3.63) is 71.2 Å². The lowest BCUT2D eigenvalue weighted by Crippen LogP contribution is -2.58. The first-order valence-corrected chi connectivity index (χ1v) is 11.2. The molecule has 1 heterocycles. The summed E-state index contributed by atoms with van der Waals surface area (Å²) in [6, 6.07) is 11.1. The van der Waals surface area contributed by atoms with Crippen molar-refractivity contribution in [2.24, 2.45) is 5.10 Å². The fourth-order valence-corrected chi connectivity index (χ4v) is 3.89. The first-order chi connectivity index (χ1) is 16.6. The predicted octanol–water partition coefficient (Wildman–Crippen LogP) is 4.55. The van der Waals surface area contributed by atoms with Crippen LogP contribution in [0.1, 0.15) is 13.8 Å². The Morgan fingerprint density at radius 1 is 1.14 bits per heavy atom. The second-order valence-corrected chi connectivity index (χ2v) is 8.95. The van der Waals surface area contributed by atoms with Gasteiger partial charge in [-0.2, -0.15) is 10.2 Å². The molecule has 1 saturated heterocycles. The molecule has 1 fully saturated rings. The van der Waals surface area contributed by atoms with Crippen LogP contribution < -0.4 is 15.6 Å². The maximum absolute atomic E-state index is 13.5. The standard InChI is InChI=1S/C23H24Cl2N6O4/c1-4-13-26-28-19(32)14-29-22(34)30(18-11-7-16(25)8-12-18)20(23(29,2)3)31(35)21(33)27-17-9-5-15(24)6-10-17/h4-13,20,35H,1,14H2,2-3H3,(H,27,33)(H,28,32)/b26-13+. The van der Waals surface area contributed by atoms with Gasteiger partial charge in [-0.05, 0) is 68.5 Å². The van der Waals surface area contributed by atoms with Crippen molar-refractivity contribution >= 4 is 58.8 Å². The number of allylic oxidation sites excluding steroid dienone is 1. The molecule has 0 aromatic heterocycles. The number of benzene rings is 2. The molecule has 1 unspecified atom stereocenters. The van der Waals surface area contributed by atoms with Gasteiger partial charge in [0.1, 0.15) is 6.54 Å². The molecule has 0 spiro atoms. The third-order valence-electron chi connectivity index (χ3n) is 5.32. The van der Waals surface area contributed by atoms with Gasteiger partial charge in [0.25, 0.3) is 5.91 Å². The van der Waals surface area contributed by atoms with Crippen LogP contribution in [0.15, 0.2) is 66.3 Å². The van der Waals surface area contributed by atoms with Crippen molar-refractivity contribution in [1.29, 1.82) is 0 Å². The number of hydrogen-bond acceptors (Lipinski definition) is 5. The largest absolute Gasteiger partial charge is 0.347 e. The zero-order chi connectivity index (χ0) is 25.8. The second kappa shape index (κ2) is 10.8. The maximum Gasteiger partial charge on any atom is 0.347 e. The van der Waals surface area contributed by atoms with Crippen molar-refractivity contribution in [3.8, 4) is 0 Å². The van der Waals surface area contributed by atoms with Crippen molar-refractivity contribution in [2.75, 3.05) is 16.8 Å². The highest BCUT2D eigenvalue weighted by molar-refractivity contribution is 6.31. The van der Waals surface area contributed by atoms with Gasteiger partial charge in [-0.25, -0.2) is 15.0 Å². The van der Waals surface area contributed by atoms with Crippen molar-refractivity contribution in [1.82, 2.24) is 15.4 Å². The lowest BCUT2D eigenvalue weighted by molar-refractivity contribution is -0.124. The minimum Gasteiger partial charge on any atom is -0.306 e. The van der Waals surface area contributed by atoms with E-state index in [0.29, 0.717) is 26.5 Å². The van der Waals surface area contributed by atoms with E-state index in [0.717, 1.165) is 0 Å². The molecule has 2 aromatic rings. The number of urea groups is 2. The summed E-state index contributed by atoms with van der Waals surface area (Å²) in [4.78, 5) is 41.3. The number of carbonyl (C=O) groups is 3. The van der Waals surface area contributed by atoms with E-state index in [2.05, 4.69) is 22.4 Å². The molecular formula is C23H24Cl2N6O4. The molecule has 12 heteroatoms. The zero-order valence-corrected chi connectivity index (χ0v) is 20.5. The van der Waals surface area contributed by atoms with Crippen LogP contribution >= 0.6 is 23.2 Å². The van der Waals surface area contributed by atoms with E-state index in [1.165, 1.54) is 22.1 Å². The van der Waals surface area contributed by atoms with Crippen LogP contribution in [0.25, 0.3) is 0 Å². The Bertz CT molecular complexity index is 1140. The Kier molecular flexibility index (Phi) is 8.00. The molecule has 1 aliphatic heterocycles. The van der Waals surface area contributed by atoms with Crippen LogP contribution in [-0.2, 0) is 4.79 Å². The highest BCUT2D eigenvalue weighted by atomic mass is 35.5. The van der Waals surface area contributed by atoms with Crippen LogP contribution in [-0.4, -0.2) is 57.6 Å². The van der Waals surface area contributed by atoms with Crippen LogP contribution in [0.2, 0.25) is 10.0 Å². The second-order valence-electron chi connectivity index (χ2n) is 8.07. The van der Waals surface area contributed by atoms with E-state index in [9.17, 15) is 19.6 Å². The van der Waals surface area contributed by atoms with Gasteiger partial charge in [0.15, 0.2) is 6.17 Å². The highest BCUT2D eigenvalue weighted by Crippen LogP contribution is 2.38. The highest BCUT2D eigenvalue weighted by Gasteiger charge is 2.56. The number of amides is 5. The van der Waals surface area contributed by atoms with Gasteiger partial charge in [-0.3, -0.25) is 14.9 Å². The number of hydrazone groups is 1. The number of rotatable bonds is 7. The SMILES string of the molecule is C=C/C=N/NC(=O)CN1C(=O)N(c2ccc(Cl)cc2)C(N(O)C(=O)Nc2ccc(Cl)cc2)C1(C)C. The summed E-state index contributed by atoms with van der Waals surface area (Å²) in [6.45, 7) is 6.34. The Labute approximate surface area is 212 Å². The fraction of sp³-hybridized carbons (Fsp3) is 0.217. The Morgan fingerprint density at radius 3 is 2.29 bits per heavy atom. The van der Waals surface area contributed by atoms with Gasteiger partial charge in [0, 0.05) is 27.6 Å². The number of nitrogens with one attached hydrogen (secondary N) is 2. The summed E-state index contributed by atoms with van der Waals surface area (Å²) in [7, 11) is 0. The lowest BCUT2D eigenvalue weighted by atomic mass is 9.99. The molecule has 5 amide bonds. The van der Waals surface area contributed by atoms with Gasteiger partial charge < -0.3 is 10.2 Å². The summed E-state index contributed by atoms with van der Waals surface area (Å²) in [5.74, 6) is -0.573. The normalized spacial score (nSPS) is 16.9. The molecular weight excluding hydrogens is 495 g/mol. The third-order valence-corrected chi connectivity index (χ3v) is 5.82. The molecule has 1 aliphatic rings. The average Bonchev–Trinajstić information content (AvgIpc) is 3.01. The molecule has 35 heavy (non-hydrogen) atoms. The van der Waals surface area contributed by atoms with Crippen molar-refractivity contribution in [3.63, 3.8) is 0 Å². The minimum atomic E-state index is -1.22. The van der Waals surface area contributed by atoms with Gasteiger partial charge in [-0.15, -0.1) is 0 Å². The fourth-order valence-electron chi connectivity index (χ4n) is 3.64. The summed E-state index contributed by atoms with van der Waals surface area (Å²) < 4.78 is 0. The average molecular weight is 519 g/mol. The molecule has 0 saturated carbocycles. The van der Waals surface area contributed by atoms with E-state index in [-0.39, 0.29) is 6.54 Å². The summed E-state index contributed by atoms with van der Waals surface area (Å²) >= 11 is 11.9. The maximum atomic E-state index is 13.5. The van der Waals surface area contributed by atoms with E-state index in [1.807, 2.05) is 0 Å². The lowest BCUT2D eigenvalue weighted by Gasteiger charge is -2.38. The third kappa shape index (κ3) is 5.73. The number of nitrogens with zero attached hydrogens (tertiary/aromatic N) is 4. The Hall–Kier alpha value is -3.60. The van der Waals surface area contributed by atoms with E-state index >= 15 is 0 Å². The van der Waals surface area contributed by atoms with E-state index in [1.54, 1.807) is 62.4 Å². The monoisotopic (exact) mass is 518 g/mol. The van der Waals surface area contributed by atoms with Gasteiger partial charge in [0.05, 0.1) is 5.54 Å². The molecule has 1 atom stereocenters. The quantitative estimate of drug-likeness (QED) is 0.283. The molecule has 0 bridgehead atoms. The number of hydrogen-bond donors (Lipinski definition) is 3. The summed E-state index contributed by atoms with van der Waals surface area (Å²) in [5, 5.41) is 18.6. The van der Waals surface area contributed by atoms with Crippen LogP contribution in [0, 0.1) is 0 Å². The molecule has 3 N–H and O–H groups in total. The van der Waals surface area contributed by atoms with Gasteiger partial charge >= 0.3 is 12.1 Å². The van der Waals surface area contributed by atoms with Crippen molar-refractivity contribution < 1.29 is 19.6 Å². The zero-order valence-electron chi connectivity index (χ0n) is 19.0. The van der Waals surface area contributed by atoms with Crippen LogP contribution in [0.3, 0.4) is 0 Å². The number of anilines is 2. The molecule has 3 rings (SSSR count). The van der Waals surface area contributed by atoms with E-state index < -0.39 is 29.7 Å². The number of hydroxylamine groups is 2. The molecule has 0 radical (unpaired) electrons. The van der Waals surface area contributed by atoms with Crippen molar-refractivity contribution in [2.45, 2.75) is 25.6 Å². The predicted molar refractivity (Wildman–Crippen MR) is 135 cm³/mol. The van der Waals surface area contributed by atoms with E-state index in [4.69, 9.17) is 23.2 Å². The number of halogens is 2. The van der Waals surface area contributed by atoms with Crippen LogP contribution in [0.5, 0.6) is 0 Å². The topological polar surface area (TPSA) is 118 Å². The van der Waals surface area contributed by atoms with Gasteiger partial charge in [-0.1, -0.05) is 29.8 Å².